The van der Waals surface area contributed by atoms with Gasteiger partial charge in [0, 0.05) is 32.7 Å². The average molecular weight is 275 g/mol. The maximum Gasteiger partial charge on any atom is 0.282 e. The molecule has 0 spiro atoms. The maximum atomic E-state index is 12.7. The summed E-state index contributed by atoms with van der Waals surface area (Å²) in [5.41, 5.74) is 0. The third kappa shape index (κ3) is 2.71. The van der Waals surface area contributed by atoms with Crippen molar-refractivity contribution in [1.29, 1.82) is 0 Å². The van der Waals surface area contributed by atoms with Crippen molar-refractivity contribution in [2.24, 2.45) is 11.8 Å². The Balaban J connectivity index is 2.12. The summed E-state index contributed by atoms with van der Waals surface area (Å²) in [6.45, 7) is 9.67. The van der Waals surface area contributed by atoms with E-state index in [2.05, 4.69) is 19.2 Å². The van der Waals surface area contributed by atoms with Gasteiger partial charge in [0.05, 0.1) is 6.04 Å². The molecule has 2 saturated heterocycles. The number of nitrogens with zero attached hydrogens (tertiary/aromatic N) is 2. The van der Waals surface area contributed by atoms with Crippen LogP contribution in [0.15, 0.2) is 0 Å². The first kappa shape index (κ1) is 14.2. The predicted molar refractivity (Wildman–Crippen MR) is 72.5 cm³/mol. The van der Waals surface area contributed by atoms with Crippen LogP contribution in [0.5, 0.6) is 0 Å². The standard InChI is InChI=1S/C12H25N3O2S/c1-4-15(12-6-13-7-12)18(16,17)14-8-10(2)5-11(3)9-14/h10-13H,4-9H2,1-3H3. The van der Waals surface area contributed by atoms with E-state index in [4.69, 9.17) is 0 Å². The number of hydrogen-bond acceptors (Lipinski definition) is 3. The molecule has 0 aromatic heterocycles. The Morgan fingerprint density at radius 2 is 1.78 bits per heavy atom. The lowest BCUT2D eigenvalue weighted by Gasteiger charge is -2.42. The first-order chi connectivity index (χ1) is 8.45. The van der Waals surface area contributed by atoms with Crippen LogP contribution in [0.25, 0.3) is 0 Å². The summed E-state index contributed by atoms with van der Waals surface area (Å²) in [5.74, 6) is 0.920. The molecule has 2 heterocycles. The third-order valence-corrected chi connectivity index (χ3v) is 6.04. The van der Waals surface area contributed by atoms with Crippen LogP contribution in [0.2, 0.25) is 0 Å². The molecule has 6 heteroatoms. The van der Waals surface area contributed by atoms with Crippen LogP contribution in [-0.2, 0) is 10.2 Å². The summed E-state index contributed by atoms with van der Waals surface area (Å²) in [5, 5.41) is 3.14. The minimum atomic E-state index is -3.27. The van der Waals surface area contributed by atoms with Gasteiger partial charge in [-0.1, -0.05) is 20.8 Å². The Labute approximate surface area is 111 Å². The predicted octanol–water partition coefficient (Wildman–Crippen LogP) is 0.503. The molecule has 106 valence electrons. The maximum absolute atomic E-state index is 12.7. The van der Waals surface area contributed by atoms with E-state index in [0.717, 1.165) is 19.5 Å². The van der Waals surface area contributed by atoms with Gasteiger partial charge in [-0.25, -0.2) is 0 Å². The Bertz CT molecular complexity index is 371. The normalized spacial score (nSPS) is 31.6. The minimum Gasteiger partial charge on any atom is -0.313 e. The minimum absolute atomic E-state index is 0.146. The van der Waals surface area contributed by atoms with Gasteiger partial charge in [0.25, 0.3) is 10.2 Å². The Kier molecular flexibility index (Phi) is 4.31. The monoisotopic (exact) mass is 275 g/mol. The molecule has 2 fully saturated rings. The topological polar surface area (TPSA) is 52.7 Å². The van der Waals surface area contributed by atoms with E-state index in [1.165, 1.54) is 0 Å². The molecule has 2 aliphatic heterocycles. The van der Waals surface area contributed by atoms with Crippen molar-refractivity contribution in [3.8, 4) is 0 Å². The zero-order chi connectivity index (χ0) is 13.3. The first-order valence-corrected chi connectivity index (χ1v) is 8.32. The van der Waals surface area contributed by atoms with Crippen molar-refractivity contribution in [2.75, 3.05) is 32.7 Å². The number of likely N-dealkylation sites (N-methyl/N-ethyl adjacent to an activating group) is 1. The van der Waals surface area contributed by atoms with Crippen LogP contribution in [0, 0.1) is 11.8 Å². The number of hydrogen-bond donors (Lipinski definition) is 1. The van der Waals surface area contributed by atoms with Gasteiger partial charge in [-0.3, -0.25) is 0 Å². The molecule has 0 aromatic carbocycles. The zero-order valence-corrected chi connectivity index (χ0v) is 12.4. The molecule has 0 amide bonds. The summed E-state index contributed by atoms with van der Waals surface area (Å²) in [6.07, 6.45) is 1.13. The summed E-state index contributed by atoms with van der Waals surface area (Å²) in [7, 11) is -3.27. The lowest BCUT2D eigenvalue weighted by atomic mass is 9.94. The van der Waals surface area contributed by atoms with Crippen LogP contribution in [0.3, 0.4) is 0 Å². The molecule has 0 aliphatic carbocycles. The highest BCUT2D eigenvalue weighted by Crippen LogP contribution is 2.25. The van der Waals surface area contributed by atoms with E-state index in [-0.39, 0.29) is 6.04 Å². The summed E-state index contributed by atoms with van der Waals surface area (Å²) in [6, 6.07) is 0.146. The lowest BCUT2D eigenvalue weighted by Crippen LogP contribution is -2.62. The van der Waals surface area contributed by atoms with Crippen molar-refractivity contribution in [1.82, 2.24) is 13.9 Å². The number of nitrogens with one attached hydrogen (secondary N) is 1. The zero-order valence-electron chi connectivity index (χ0n) is 11.6. The molecular formula is C12H25N3O2S. The third-order valence-electron chi connectivity index (χ3n) is 3.94. The molecule has 2 aliphatic rings. The highest BCUT2D eigenvalue weighted by molar-refractivity contribution is 7.86. The van der Waals surface area contributed by atoms with Gasteiger partial charge in [0.2, 0.25) is 0 Å². The van der Waals surface area contributed by atoms with Gasteiger partial charge in [-0.2, -0.15) is 17.0 Å². The molecule has 18 heavy (non-hydrogen) atoms. The fraction of sp³-hybridized carbons (Fsp3) is 1.00. The fourth-order valence-electron chi connectivity index (χ4n) is 3.03. The molecule has 2 atom stereocenters. The summed E-state index contributed by atoms with van der Waals surface area (Å²) in [4.78, 5) is 0. The van der Waals surface area contributed by atoms with Crippen LogP contribution in [0.1, 0.15) is 27.2 Å². The Hall–Kier alpha value is -0.170. The summed E-state index contributed by atoms with van der Waals surface area (Å²) >= 11 is 0. The van der Waals surface area contributed by atoms with Crippen LogP contribution in [-0.4, -0.2) is 55.8 Å². The van der Waals surface area contributed by atoms with E-state index < -0.39 is 10.2 Å². The second-order valence-electron chi connectivity index (χ2n) is 5.79. The van der Waals surface area contributed by atoms with E-state index in [1.54, 1.807) is 8.61 Å². The largest absolute Gasteiger partial charge is 0.313 e. The first-order valence-electron chi connectivity index (χ1n) is 6.92. The molecule has 0 saturated carbocycles. The Morgan fingerprint density at radius 1 is 1.22 bits per heavy atom. The van der Waals surface area contributed by atoms with Crippen molar-refractivity contribution < 1.29 is 8.42 Å². The highest BCUT2D eigenvalue weighted by Gasteiger charge is 2.39. The number of rotatable bonds is 4. The van der Waals surface area contributed by atoms with Crippen molar-refractivity contribution in [2.45, 2.75) is 33.2 Å². The molecule has 2 rings (SSSR count). The van der Waals surface area contributed by atoms with Gasteiger partial charge in [0.15, 0.2) is 0 Å². The van der Waals surface area contributed by atoms with E-state index in [9.17, 15) is 8.42 Å². The lowest BCUT2D eigenvalue weighted by molar-refractivity contribution is 0.186. The molecule has 1 N–H and O–H groups in total. The van der Waals surface area contributed by atoms with Gasteiger partial charge in [0.1, 0.15) is 0 Å². The second-order valence-corrected chi connectivity index (χ2v) is 7.67. The molecule has 2 unspecified atom stereocenters. The van der Waals surface area contributed by atoms with E-state index in [1.807, 2.05) is 6.92 Å². The molecule has 5 nitrogen and oxygen atoms in total. The molecule has 0 bridgehead atoms. The van der Waals surface area contributed by atoms with Crippen molar-refractivity contribution >= 4 is 10.2 Å². The fourth-order valence-corrected chi connectivity index (χ4v) is 5.06. The van der Waals surface area contributed by atoms with Gasteiger partial charge < -0.3 is 5.32 Å². The SMILES string of the molecule is CCN(C1CNC1)S(=O)(=O)N1CC(C)CC(C)C1. The second kappa shape index (κ2) is 5.45. The quantitative estimate of drug-likeness (QED) is 0.813. The van der Waals surface area contributed by atoms with Crippen LogP contribution >= 0.6 is 0 Å². The molecule has 0 radical (unpaired) electrons. The van der Waals surface area contributed by atoms with Crippen molar-refractivity contribution in [3.05, 3.63) is 0 Å². The summed E-state index contributed by atoms with van der Waals surface area (Å²) < 4.78 is 28.7. The van der Waals surface area contributed by atoms with Gasteiger partial charge in [-0.15, -0.1) is 0 Å². The van der Waals surface area contributed by atoms with E-state index >= 15 is 0 Å². The van der Waals surface area contributed by atoms with Crippen molar-refractivity contribution in [3.63, 3.8) is 0 Å². The highest BCUT2D eigenvalue weighted by atomic mass is 32.2. The van der Waals surface area contributed by atoms with Gasteiger partial charge in [-0.05, 0) is 18.3 Å². The molecular weight excluding hydrogens is 250 g/mol. The molecule has 0 aromatic rings. The van der Waals surface area contributed by atoms with E-state index in [0.29, 0.717) is 31.5 Å². The smallest absolute Gasteiger partial charge is 0.282 e. The van der Waals surface area contributed by atoms with Crippen LogP contribution < -0.4 is 5.32 Å². The average Bonchev–Trinajstić information content (AvgIpc) is 2.21. The van der Waals surface area contributed by atoms with Gasteiger partial charge >= 0.3 is 0 Å². The van der Waals surface area contributed by atoms with Crippen LogP contribution in [0.4, 0.5) is 0 Å². The number of piperidine rings is 1. The Morgan fingerprint density at radius 3 is 2.17 bits per heavy atom.